The van der Waals surface area contributed by atoms with Gasteiger partial charge in [0.2, 0.25) is 0 Å². The minimum atomic E-state index is -1.27. The Balaban J connectivity index is 0.000000321. The van der Waals surface area contributed by atoms with Crippen LogP contribution in [-0.2, 0) is 9.59 Å². The minimum Gasteiger partial charge on any atom is -0.481 e. The van der Waals surface area contributed by atoms with E-state index in [-0.39, 0.29) is 11.1 Å². The molecule has 1 heterocycles. The third-order valence-electron chi connectivity index (χ3n) is 1.67. The summed E-state index contributed by atoms with van der Waals surface area (Å²) in [4.78, 5) is 45.0. The van der Waals surface area contributed by atoms with E-state index in [1.165, 1.54) is 6.20 Å². The molecule has 1 aromatic heterocycles. The predicted molar refractivity (Wildman–Crippen MR) is 61.4 cm³/mol. The molecule has 0 saturated heterocycles. The summed E-state index contributed by atoms with van der Waals surface area (Å²) in [5.41, 5.74) is -0.596. The number of nitrogens with one attached hydrogen (secondary N) is 2. The van der Waals surface area contributed by atoms with Gasteiger partial charge in [-0.1, -0.05) is 6.58 Å². The van der Waals surface area contributed by atoms with Gasteiger partial charge in [-0.25, -0.2) is 9.59 Å². The first-order valence-corrected chi connectivity index (χ1v) is 4.65. The molecular formula is C10H12N2O6. The first kappa shape index (κ1) is 15.4. The van der Waals surface area contributed by atoms with Crippen molar-refractivity contribution in [2.75, 3.05) is 0 Å². The third kappa shape index (κ3) is 6.05. The average Bonchev–Trinajstić information content (AvgIpc) is 2.24. The molecule has 0 atom stereocenters. The Hall–Kier alpha value is -2.64. The second-order valence-electron chi connectivity index (χ2n) is 3.23. The van der Waals surface area contributed by atoms with Crippen LogP contribution in [0.25, 0.3) is 0 Å². The van der Waals surface area contributed by atoms with Gasteiger partial charge in [-0.05, 0) is 6.92 Å². The maximum atomic E-state index is 10.6. The summed E-state index contributed by atoms with van der Waals surface area (Å²) >= 11 is 0. The zero-order chi connectivity index (χ0) is 14.3. The van der Waals surface area contributed by atoms with Crippen molar-refractivity contribution in [3.05, 3.63) is 44.8 Å². The summed E-state index contributed by atoms with van der Waals surface area (Å²) in [7, 11) is 0. The molecule has 18 heavy (non-hydrogen) atoms. The number of carboxylic acids is 2. The van der Waals surface area contributed by atoms with E-state index in [1.54, 1.807) is 6.92 Å². The SMILES string of the molecule is C=C(CC(=O)O)C(=O)O.Cc1c[nH]c(=O)[nH]c1=O. The maximum Gasteiger partial charge on any atom is 0.331 e. The number of aryl methyl sites for hydroxylation is 1. The van der Waals surface area contributed by atoms with Crippen LogP contribution < -0.4 is 11.2 Å². The molecule has 0 bridgehead atoms. The second kappa shape index (κ2) is 6.84. The van der Waals surface area contributed by atoms with Crippen LogP contribution in [0.1, 0.15) is 12.0 Å². The van der Waals surface area contributed by atoms with Crippen LogP contribution >= 0.6 is 0 Å². The maximum absolute atomic E-state index is 10.6. The lowest BCUT2D eigenvalue weighted by Gasteiger charge is -1.91. The number of H-pyrrole nitrogens is 2. The summed E-state index contributed by atoms with van der Waals surface area (Å²) in [6.45, 7) is 4.63. The number of hydrogen-bond donors (Lipinski definition) is 4. The molecule has 0 aromatic carbocycles. The molecule has 0 aliphatic carbocycles. The van der Waals surface area contributed by atoms with Crippen molar-refractivity contribution in [1.29, 1.82) is 0 Å². The summed E-state index contributed by atoms with van der Waals surface area (Å²) < 4.78 is 0. The van der Waals surface area contributed by atoms with E-state index in [0.717, 1.165) is 0 Å². The minimum absolute atomic E-state index is 0.303. The highest BCUT2D eigenvalue weighted by molar-refractivity contribution is 5.91. The molecule has 1 aromatic rings. The fourth-order valence-corrected chi connectivity index (χ4v) is 0.735. The highest BCUT2D eigenvalue weighted by Gasteiger charge is 2.07. The average molecular weight is 256 g/mol. The quantitative estimate of drug-likeness (QED) is 0.536. The molecule has 4 N–H and O–H groups in total. The number of rotatable bonds is 3. The van der Waals surface area contributed by atoms with Gasteiger partial charge in [0.1, 0.15) is 0 Å². The Morgan fingerprint density at radius 3 is 2.17 bits per heavy atom. The molecular weight excluding hydrogens is 244 g/mol. The molecule has 0 fully saturated rings. The number of aliphatic carboxylic acids is 2. The number of carboxylic acid groups (broad SMARTS) is 2. The Morgan fingerprint density at radius 2 is 1.89 bits per heavy atom. The largest absolute Gasteiger partial charge is 0.481 e. The van der Waals surface area contributed by atoms with Crippen LogP contribution in [0.15, 0.2) is 27.9 Å². The van der Waals surface area contributed by atoms with Gasteiger partial charge in [-0.2, -0.15) is 0 Å². The molecule has 0 saturated carbocycles. The smallest absolute Gasteiger partial charge is 0.331 e. The van der Waals surface area contributed by atoms with Gasteiger partial charge in [-0.3, -0.25) is 14.6 Å². The summed E-state index contributed by atoms with van der Waals surface area (Å²) in [5.74, 6) is -2.44. The van der Waals surface area contributed by atoms with E-state index in [1.807, 2.05) is 0 Å². The monoisotopic (exact) mass is 256 g/mol. The summed E-state index contributed by atoms with van der Waals surface area (Å²) in [6, 6.07) is 0. The highest BCUT2D eigenvalue weighted by Crippen LogP contribution is 1.95. The van der Waals surface area contributed by atoms with Crippen LogP contribution in [0.3, 0.4) is 0 Å². The van der Waals surface area contributed by atoms with Gasteiger partial charge in [0.05, 0.1) is 6.42 Å². The van der Waals surface area contributed by atoms with Gasteiger partial charge in [0.15, 0.2) is 0 Å². The number of aromatic nitrogens is 2. The van der Waals surface area contributed by atoms with E-state index in [4.69, 9.17) is 10.2 Å². The van der Waals surface area contributed by atoms with E-state index in [0.29, 0.717) is 5.56 Å². The lowest BCUT2D eigenvalue weighted by Crippen LogP contribution is -2.22. The second-order valence-corrected chi connectivity index (χ2v) is 3.23. The van der Waals surface area contributed by atoms with Crippen molar-refractivity contribution < 1.29 is 19.8 Å². The molecule has 0 unspecified atom stereocenters. The van der Waals surface area contributed by atoms with Gasteiger partial charge in [0, 0.05) is 17.3 Å². The fourth-order valence-electron chi connectivity index (χ4n) is 0.735. The summed E-state index contributed by atoms with van der Waals surface area (Å²) in [6.07, 6.45) is 0.872. The zero-order valence-electron chi connectivity index (χ0n) is 9.52. The molecule has 0 aliphatic rings. The molecule has 0 radical (unpaired) electrons. The molecule has 1 rings (SSSR count). The van der Waals surface area contributed by atoms with Crippen LogP contribution in [0.2, 0.25) is 0 Å². The van der Waals surface area contributed by atoms with Gasteiger partial charge in [0.25, 0.3) is 5.56 Å². The van der Waals surface area contributed by atoms with Crippen molar-refractivity contribution in [3.63, 3.8) is 0 Å². The highest BCUT2D eigenvalue weighted by atomic mass is 16.4. The first-order valence-electron chi connectivity index (χ1n) is 4.65. The van der Waals surface area contributed by atoms with E-state index in [2.05, 4.69) is 16.5 Å². The van der Waals surface area contributed by atoms with E-state index in [9.17, 15) is 19.2 Å². The van der Waals surface area contributed by atoms with Gasteiger partial charge >= 0.3 is 17.6 Å². The van der Waals surface area contributed by atoms with Crippen LogP contribution in [-0.4, -0.2) is 32.1 Å². The standard InChI is InChI=1S/C5H6N2O2.C5H6O4/c1-3-2-6-5(9)7-4(3)8;1-3(5(8)9)2-4(6)7/h2H,1H3,(H2,6,7,8,9);1-2H2,(H,6,7)(H,8,9). The van der Waals surface area contributed by atoms with Crippen molar-refractivity contribution >= 4 is 11.9 Å². The van der Waals surface area contributed by atoms with Gasteiger partial charge in [-0.15, -0.1) is 0 Å². The molecule has 0 spiro atoms. The number of carbonyl (C=O) groups is 2. The van der Waals surface area contributed by atoms with Crippen molar-refractivity contribution in [2.45, 2.75) is 13.3 Å². The zero-order valence-corrected chi connectivity index (χ0v) is 9.52. The van der Waals surface area contributed by atoms with Gasteiger partial charge < -0.3 is 15.2 Å². The molecule has 0 amide bonds. The molecule has 98 valence electrons. The van der Waals surface area contributed by atoms with E-state index < -0.39 is 24.0 Å². The lowest BCUT2D eigenvalue weighted by molar-refractivity contribution is -0.139. The number of aromatic amines is 2. The number of hydrogen-bond acceptors (Lipinski definition) is 4. The summed E-state index contributed by atoms with van der Waals surface area (Å²) in [5, 5.41) is 16.1. The Bertz CT molecular complexity index is 568. The molecule has 8 nitrogen and oxygen atoms in total. The first-order chi connectivity index (χ1) is 8.23. The van der Waals surface area contributed by atoms with Crippen LogP contribution in [0.4, 0.5) is 0 Å². The Kier molecular flexibility index (Phi) is 5.84. The van der Waals surface area contributed by atoms with Crippen LogP contribution in [0.5, 0.6) is 0 Å². The molecule has 0 aliphatic heterocycles. The normalized spacial score (nSPS) is 8.94. The predicted octanol–water partition coefficient (Wildman–Crippen LogP) is -0.526. The topological polar surface area (TPSA) is 140 Å². The van der Waals surface area contributed by atoms with E-state index >= 15 is 0 Å². The fraction of sp³-hybridized carbons (Fsp3) is 0.200. The Labute approximate surface area is 101 Å². The van der Waals surface area contributed by atoms with Crippen molar-refractivity contribution in [3.8, 4) is 0 Å². The lowest BCUT2D eigenvalue weighted by atomic mass is 10.2. The van der Waals surface area contributed by atoms with Crippen LogP contribution in [0, 0.1) is 6.92 Å². The third-order valence-corrected chi connectivity index (χ3v) is 1.67. The Morgan fingerprint density at radius 1 is 1.33 bits per heavy atom. The molecule has 8 heteroatoms. The van der Waals surface area contributed by atoms with Crippen molar-refractivity contribution in [2.24, 2.45) is 0 Å². The van der Waals surface area contributed by atoms with Crippen molar-refractivity contribution in [1.82, 2.24) is 9.97 Å².